The molecule has 1 aromatic heterocycles. The van der Waals surface area contributed by atoms with Gasteiger partial charge in [-0.05, 0) is 37.3 Å². The molecule has 2 heterocycles. The second kappa shape index (κ2) is 6.70. The maximum atomic E-state index is 12.6. The van der Waals surface area contributed by atoms with Gasteiger partial charge in [0.1, 0.15) is 13.1 Å². The van der Waals surface area contributed by atoms with Crippen LogP contribution in [0.5, 0.6) is 5.75 Å². The van der Waals surface area contributed by atoms with E-state index in [0.717, 1.165) is 60.8 Å². The van der Waals surface area contributed by atoms with Crippen molar-refractivity contribution in [3.63, 3.8) is 0 Å². The summed E-state index contributed by atoms with van der Waals surface area (Å²) in [6.45, 7) is 2.12. The van der Waals surface area contributed by atoms with Crippen LogP contribution in [0.2, 0.25) is 5.02 Å². The first-order valence-corrected chi connectivity index (χ1v) is 9.89. The molecule has 0 spiro atoms. The Kier molecular flexibility index (Phi) is 4.18. The summed E-state index contributed by atoms with van der Waals surface area (Å²) in [4.78, 5) is 13.8. The van der Waals surface area contributed by atoms with Crippen LogP contribution in [-0.4, -0.2) is 6.73 Å². The van der Waals surface area contributed by atoms with Crippen molar-refractivity contribution in [1.29, 1.82) is 0 Å². The van der Waals surface area contributed by atoms with E-state index in [4.69, 9.17) is 20.8 Å². The van der Waals surface area contributed by atoms with Crippen LogP contribution in [0.25, 0.3) is 11.0 Å². The molecule has 27 heavy (non-hydrogen) atoms. The molecule has 0 saturated carbocycles. The van der Waals surface area contributed by atoms with Gasteiger partial charge in [0, 0.05) is 16.5 Å². The van der Waals surface area contributed by atoms with Gasteiger partial charge < -0.3 is 9.15 Å². The summed E-state index contributed by atoms with van der Waals surface area (Å²) in [5.74, 6) is 0.667. The highest BCUT2D eigenvalue weighted by Crippen LogP contribution is 2.38. The van der Waals surface area contributed by atoms with Gasteiger partial charge in [0.25, 0.3) is 0 Å². The lowest BCUT2D eigenvalue weighted by Crippen LogP contribution is -3.10. The molecule has 5 rings (SSSR count). The Balaban J connectivity index is 1.61. The predicted molar refractivity (Wildman–Crippen MR) is 104 cm³/mol. The van der Waals surface area contributed by atoms with Gasteiger partial charge in [0.2, 0.25) is 6.73 Å². The van der Waals surface area contributed by atoms with Gasteiger partial charge in [-0.2, -0.15) is 0 Å². The fourth-order valence-electron chi connectivity index (χ4n) is 4.38. The zero-order chi connectivity index (χ0) is 18.4. The van der Waals surface area contributed by atoms with E-state index in [9.17, 15) is 4.79 Å². The van der Waals surface area contributed by atoms with Crippen LogP contribution >= 0.6 is 11.6 Å². The summed E-state index contributed by atoms with van der Waals surface area (Å²) in [5, 5.41) is 1.59. The highest BCUT2D eigenvalue weighted by molar-refractivity contribution is 6.33. The van der Waals surface area contributed by atoms with E-state index in [1.165, 1.54) is 10.5 Å². The second-order valence-corrected chi connectivity index (χ2v) is 7.88. The average Bonchev–Trinajstić information content (AvgIpc) is 2.70. The van der Waals surface area contributed by atoms with Crippen molar-refractivity contribution in [2.45, 2.75) is 38.8 Å². The first kappa shape index (κ1) is 16.8. The molecule has 0 bridgehead atoms. The largest absolute Gasteiger partial charge is 0.443 e. The third kappa shape index (κ3) is 2.93. The van der Waals surface area contributed by atoms with Crippen molar-refractivity contribution in [2.24, 2.45) is 0 Å². The Bertz CT molecular complexity index is 1070. The van der Waals surface area contributed by atoms with E-state index >= 15 is 0 Å². The summed E-state index contributed by atoms with van der Waals surface area (Å²) in [7, 11) is 0. The Morgan fingerprint density at radius 2 is 1.81 bits per heavy atom. The van der Waals surface area contributed by atoms with Crippen molar-refractivity contribution in [3.8, 4) is 5.75 Å². The first-order valence-electron chi connectivity index (χ1n) is 9.51. The minimum atomic E-state index is -0.197. The molecule has 3 aromatic rings. The lowest BCUT2D eigenvalue weighted by Gasteiger charge is -2.28. The van der Waals surface area contributed by atoms with Gasteiger partial charge in [-0.1, -0.05) is 41.9 Å². The number of ether oxygens (including phenoxy) is 1. The zero-order valence-electron chi connectivity index (χ0n) is 15.0. The van der Waals surface area contributed by atoms with E-state index in [0.29, 0.717) is 23.1 Å². The number of aryl methyl sites for hydroxylation is 1. The normalized spacial score (nSPS) is 18.6. The molecule has 138 valence electrons. The van der Waals surface area contributed by atoms with E-state index in [1.807, 2.05) is 24.3 Å². The van der Waals surface area contributed by atoms with Gasteiger partial charge in [0.15, 0.2) is 11.3 Å². The number of nitrogens with one attached hydrogen (secondary N) is 1. The van der Waals surface area contributed by atoms with E-state index in [1.54, 1.807) is 0 Å². The van der Waals surface area contributed by atoms with E-state index in [2.05, 4.69) is 12.1 Å². The Morgan fingerprint density at radius 1 is 1.04 bits per heavy atom. The lowest BCUT2D eigenvalue weighted by molar-refractivity contribution is -0.945. The summed E-state index contributed by atoms with van der Waals surface area (Å²) in [5.41, 5.74) is 4.58. The maximum Gasteiger partial charge on any atom is 0.339 e. The molecule has 2 aromatic carbocycles. The standard InChI is InChI=1S/C22H20ClNO3/c23-19-10-17-15-8-4-5-9-16(15)22(25)27-20(17)18-12-24(13-26-21(18)19)11-14-6-2-1-3-7-14/h1-3,6-7,10H,4-5,8-9,11-13H2/p+1. The molecule has 0 radical (unpaired) electrons. The van der Waals surface area contributed by atoms with Gasteiger partial charge >= 0.3 is 5.63 Å². The van der Waals surface area contributed by atoms with Crippen molar-refractivity contribution < 1.29 is 14.1 Å². The van der Waals surface area contributed by atoms with Crippen LogP contribution in [0, 0.1) is 0 Å². The van der Waals surface area contributed by atoms with Crippen LogP contribution in [0.1, 0.15) is 35.1 Å². The molecule has 1 unspecified atom stereocenters. The highest BCUT2D eigenvalue weighted by atomic mass is 35.5. The third-order valence-corrected chi connectivity index (χ3v) is 5.94. The van der Waals surface area contributed by atoms with Gasteiger partial charge in [-0.25, -0.2) is 4.79 Å². The summed E-state index contributed by atoms with van der Waals surface area (Å²) >= 11 is 6.56. The monoisotopic (exact) mass is 382 g/mol. The molecule has 5 heteroatoms. The predicted octanol–water partition coefficient (Wildman–Crippen LogP) is 3.26. The molecular formula is C22H21ClNO3+. The molecule has 2 aliphatic rings. The third-order valence-electron chi connectivity index (χ3n) is 5.66. The fraction of sp³-hybridized carbons (Fsp3) is 0.318. The molecule has 4 nitrogen and oxygen atoms in total. The number of hydrogen-bond acceptors (Lipinski definition) is 3. The minimum Gasteiger partial charge on any atom is -0.443 e. The highest BCUT2D eigenvalue weighted by Gasteiger charge is 2.29. The van der Waals surface area contributed by atoms with Gasteiger partial charge in [-0.3, -0.25) is 4.90 Å². The van der Waals surface area contributed by atoms with Crippen LogP contribution in [0.4, 0.5) is 0 Å². The smallest absolute Gasteiger partial charge is 0.339 e. The van der Waals surface area contributed by atoms with Gasteiger partial charge in [0.05, 0.1) is 10.6 Å². The van der Waals surface area contributed by atoms with Crippen LogP contribution < -0.4 is 15.3 Å². The average molecular weight is 383 g/mol. The zero-order valence-corrected chi connectivity index (χ0v) is 15.8. The van der Waals surface area contributed by atoms with E-state index in [-0.39, 0.29) is 5.63 Å². The van der Waals surface area contributed by atoms with Crippen molar-refractivity contribution >= 4 is 22.6 Å². The number of rotatable bonds is 2. The number of quaternary nitrogens is 1. The molecule has 0 amide bonds. The Labute approximate surface area is 162 Å². The van der Waals surface area contributed by atoms with Crippen molar-refractivity contribution in [3.05, 3.63) is 74.1 Å². The van der Waals surface area contributed by atoms with Crippen molar-refractivity contribution in [1.82, 2.24) is 0 Å². The Hall–Kier alpha value is -2.30. The molecule has 1 atom stereocenters. The fourth-order valence-corrected chi connectivity index (χ4v) is 4.66. The molecule has 1 aliphatic carbocycles. The van der Waals surface area contributed by atoms with Crippen LogP contribution in [-0.2, 0) is 25.9 Å². The quantitative estimate of drug-likeness (QED) is 0.692. The van der Waals surface area contributed by atoms with Crippen LogP contribution in [0.15, 0.2) is 45.6 Å². The number of benzene rings is 2. The number of fused-ring (bicyclic) bond motifs is 5. The number of hydrogen-bond donors (Lipinski definition) is 1. The molecule has 1 N–H and O–H groups in total. The first-order chi connectivity index (χ1) is 13.2. The number of halogens is 1. The molecular weight excluding hydrogens is 362 g/mol. The Morgan fingerprint density at radius 3 is 2.63 bits per heavy atom. The van der Waals surface area contributed by atoms with E-state index < -0.39 is 0 Å². The lowest BCUT2D eigenvalue weighted by atomic mass is 9.90. The summed E-state index contributed by atoms with van der Waals surface area (Å²) in [6, 6.07) is 12.3. The van der Waals surface area contributed by atoms with Crippen LogP contribution in [0.3, 0.4) is 0 Å². The minimum absolute atomic E-state index is 0.197. The molecule has 1 aliphatic heterocycles. The summed E-state index contributed by atoms with van der Waals surface area (Å²) in [6.07, 6.45) is 3.85. The summed E-state index contributed by atoms with van der Waals surface area (Å²) < 4.78 is 11.8. The maximum absolute atomic E-state index is 12.6. The topological polar surface area (TPSA) is 43.9 Å². The molecule has 0 saturated heterocycles. The SMILES string of the molecule is O=c1oc2c3c(c(Cl)cc2c2c1CCCC2)OC[NH+](Cc1ccccc1)C3. The van der Waals surface area contributed by atoms with Gasteiger partial charge in [-0.15, -0.1) is 0 Å². The molecule has 0 fully saturated rings. The second-order valence-electron chi connectivity index (χ2n) is 7.47. The van der Waals surface area contributed by atoms with Crippen molar-refractivity contribution in [2.75, 3.05) is 6.73 Å².